The van der Waals surface area contributed by atoms with Gasteiger partial charge < -0.3 is 15.6 Å². The van der Waals surface area contributed by atoms with Gasteiger partial charge in [-0.15, -0.1) is 0 Å². The van der Waals surface area contributed by atoms with E-state index in [1.165, 1.54) is 11.1 Å². The largest absolute Gasteiger partial charge is 0.337 e. The predicted octanol–water partition coefficient (Wildman–Crippen LogP) is 2.01. The molecule has 100 valence electrons. The van der Waals surface area contributed by atoms with Crippen molar-refractivity contribution in [1.82, 2.24) is 14.9 Å². The van der Waals surface area contributed by atoms with Gasteiger partial charge in [0.15, 0.2) is 0 Å². The van der Waals surface area contributed by atoms with Gasteiger partial charge in [0.1, 0.15) is 0 Å². The van der Waals surface area contributed by atoms with Crippen molar-refractivity contribution in [1.29, 1.82) is 0 Å². The van der Waals surface area contributed by atoms with Gasteiger partial charge in [0, 0.05) is 31.0 Å². The SMILES string of the molecule is NC1CC(NCCCn2ccnc2)c2ccccc21. The standard InChI is InChI=1S/C15H20N4/c16-14-10-15(13-5-2-1-4-12(13)14)18-6-3-8-19-9-7-17-11-19/h1-2,4-5,7,9,11,14-15,18H,3,6,8,10,16H2. The molecule has 1 aromatic heterocycles. The maximum atomic E-state index is 6.17. The van der Waals surface area contributed by atoms with Crippen molar-refractivity contribution >= 4 is 0 Å². The van der Waals surface area contributed by atoms with Crippen LogP contribution >= 0.6 is 0 Å². The van der Waals surface area contributed by atoms with E-state index >= 15 is 0 Å². The highest BCUT2D eigenvalue weighted by Crippen LogP contribution is 2.36. The van der Waals surface area contributed by atoms with E-state index in [2.05, 4.69) is 39.1 Å². The summed E-state index contributed by atoms with van der Waals surface area (Å²) in [7, 11) is 0. The number of nitrogens with two attached hydrogens (primary N) is 1. The first-order valence-corrected chi connectivity index (χ1v) is 6.88. The average Bonchev–Trinajstić information content (AvgIpc) is 3.04. The zero-order valence-corrected chi connectivity index (χ0v) is 11.0. The highest BCUT2D eigenvalue weighted by atomic mass is 15.0. The van der Waals surface area contributed by atoms with Crippen LogP contribution in [0.15, 0.2) is 43.0 Å². The molecule has 0 spiro atoms. The van der Waals surface area contributed by atoms with E-state index in [4.69, 9.17) is 5.73 Å². The molecule has 0 fully saturated rings. The Bertz CT molecular complexity index is 521. The van der Waals surface area contributed by atoms with Crippen LogP contribution in [0.2, 0.25) is 0 Å². The Kier molecular flexibility index (Phi) is 3.62. The third-order valence-corrected chi connectivity index (χ3v) is 3.80. The first kappa shape index (κ1) is 12.4. The minimum absolute atomic E-state index is 0.183. The summed E-state index contributed by atoms with van der Waals surface area (Å²) in [6.07, 6.45) is 7.79. The lowest BCUT2D eigenvalue weighted by Gasteiger charge is -2.14. The van der Waals surface area contributed by atoms with Crippen molar-refractivity contribution in [2.75, 3.05) is 6.54 Å². The minimum Gasteiger partial charge on any atom is -0.337 e. The number of nitrogens with one attached hydrogen (secondary N) is 1. The van der Waals surface area contributed by atoms with Crippen molar-refractivity contribution in [3.05, 3.63) is 54.1 Å². The molecule has 0 saturated carbocycles. The Labute approximate surface area is 113 Å². The van der Waals surface area contributed by atoms with Gasteiger partial charge in [-0.1, -0.05) is 24.3 Å². The van der Waals surface area contributed by atoms with Crippen molar-refractivity contribution < 1.29 is 0 Å². The van der Waals surface area contributed by atoms with E-state index in [9.17, 15) is 0 Å². The zero-order chi connectivity index (χ0) is 13.1. The summed E-state index contributed by atoms with van der Waals surface area (Å²) in [4.78, 5) is 4.04. The Morgan fingerprint density at radius 2 is 2.16 bits per heavy atom. The fraction of sp³-hybridized carbons (Fsp3) is 0.400. The van der Waals surface area contributed by atoms with Crippen molar-refractivity contribution in [3.8, 4) is 0 Å². The fourth-order valence-electron chi connectivity index (χ4n) is 2.82. The van der Waals surface area contributed by atoms with E-state index in [-0.39, 0.29) is 6.04 Å². The maximum absolute atomic E-state index is 6.17. The second kappa shape index (κ2) is 5.55. The summed E-state index contributed by atoms with van der Waals surface area (Å²) in [5, 5.41) is 3.62. The maximum Gasteiger partial charge on any atom is 0.0945 e. The molecule has 0 aliphatic heterocycles. The summed E-state index contributed by atoms with van der Waals surface area (Å²) in [5.41, 5.74) is 8.84. The molecular formula is C15H20N4. The van der Waals surface area contributed by atoms with Crippen LogP contribution in [0.5, 0.6) is 0 Å². The predicted molar refractivity (Wildman–Crippen MR) is 75.6 cm³/mol. The molecule has 1 heterocycles. The van der Waals surface area contributed by atoms with Crippen LogP contribution in [0.1, 0.15) is 36.1 Å². The Morgan fingerprint density at radius 1 is 1.32 bits per heavy atom. The van der Waals surface area contributed by atoms with Crippen LogP contribution in [0.3, 0.4) is 0 Å². The summed E-state index contributed by atoms with van der Waals surface area (Å²) in [6, 6.07) is 9.09. The third kappa shape index (κ3) is 2.69. The normalized spacial score (nSPS) is 21.5. The number of nitrogens with zero attached hydrogens (tertiary/aromatic N) is 2. The number of aromatic nitrogens is 2. The van der Waals surface area contributed by atoms with Gasteiger partial charge in [-0.3, -0.25) is 0 Å². The van der Waals surface area contributed by atoms with Gasteiger partial charge in [0.25, 0.3) is 0 Å². The summed E-state index contributed by atoms with van der Waals surface area (Å²) in [5.74, 6) is 0. The quantitative estimate of drug-likeness (QED) is 0.805. The second-order valence-corrected chi connectivity index (χ2v) is 5.13. The van der Waals surface area contributed by atoms with Crippen molar-refractivity contribution in [2.24, 2.45) is 5.73 Å². The summed E-state index contributed by atoms with van der Waals surface area (Å²) < 4.78 is 2.11. The number of hydrogen-bond donors (Lipinski definition) is 2. The fourth-order valence-corrected chi connectivity index (χ4v) is 2.82. The van der Waals surface area contributed by atoms with Crippen LogP contribution in [0, 0.1) is 0 Å². The first-order chi connectivity index (χ1) is 9.34. The van der Waals surface area contributed by atoms with Crippen LogP contribution in [-0.4, -0.2) is 16.1 Å². The van der Waals surface area contributed by atoms with Gasteiger partial charge in [-0.2, -0.15) is 0 Å². The Hall–Kier alpha value is -1.65. The van der Waals surface area contributed by atoms with Crippen LogP contribution in [-0.2, 0) is 6.54 Å². The van der Waals surface area contributed by atoms with Crippen LogP contribution in [0.25, 0.3) is 0 Å². The Balaban J connectivity index is 1.51. The van der Waals surface area contributed by atoms with Gasteiger partial charge in [-0.05, 0) is 30.5 Å². The molecule has 1 aliphatic carbocycles. The minimum atomic E-state index is 0.183. The lowest BCUT2D eigenvalue weighted by Crippen LogP contribution is -2.22. The zero-order valence-electron chi connectivity index (χ0n) is 11.0. The molecule has 0 radical (unpaired) electrons. The molecule has 0 saturated heterocycles. The number of fused-ring (bicyclic) bond motifs is 1. The molecule has 3 rings (SSSR count). The molecule has 19 heavy (non-hydrogen) atoms. The van der Waals surface area contributed by atoms with E-state index in [1.807, 2.05) is 18.7 Å². The van der Waals surface area contributed by atoms with Crippen molar-refractivity contribution in [3.63, 3.8) is 0 Å². The first-order valence-electron chi connectivity index (χ1n) is 6.88. The van der Waals surface area contributed by atoms with E-state index in [1.54, 1.807) is 0 Å². The molecular weight excluding hydrogens is 236 g/mol. The average molecular weight is 256 g/mol. The van der Waals surface area contributed by atoms with Gasteiger partial charge >= 0.3 is 0 Å². The molecule has 0 bridgehead atoms. The highest BCUT2D eigenvalue weighted by molar-refractivity contribution is 5.37. The molecule has 0 amide bonds. The van der Waals surface area contributed by atoms with E-state index in [0.717, 1.165) is 25.9 Å². The number of benzene rings is 1. The topological polar surface area (TPSA) is 55.9 Å². The lowest BCUT2D eigenvalue weighted by molar-refractivity contribution is 0.478. The number of hydrogen-bond acceptors (Lipinski definition) is 3. The smallest absolute Gasteiger partial charge is 0.0945 e. The molecule has 4 nitrogen and oxygen atoms in total. The monoisotopic (exact) mass is 256 g/mol. The summed E-state index contributed by atoms with van der Waals surface area (Å²) >= 11 is 0. The van der Waals surface area contributed by atoms with Gasteiger partial charge in [-0.25, -0.2) is 4.98 Å². The molecule has 2 atom stereocenters. The van der Waals surface area contributed by atoms with E-state index in [0.29, 0.717) is 6.04 Å². The lowest BCUT2D eigenvalue weighted by atomic mass is 10.1. The van der Waals surface area contributed by atoms with E-state index < -0.39 is 0 Å². The second-order valence-electron chi connectivity index (χ2n) is 5.13. The molecule has 1 aliphatic rings. The van der Waals surface area contributed by atoms with Gasteiger partial charge in [0.05, 0.1) is 6.33 Å². The number of imidazole rings is 1. The molecule has 2 aromatic rings. The molecule has 2 unspecified atom stereocenters. The molecule has 1 aromatic carbocycles. The van der Waals surface area contributed by atoms with Gasteiger partial charge in [0.2, 0.25) is 0 Å². The summed E-state index contributed by atoms with van der Waals surface area (Å²) in [6.45, 7) is 2.01. The van der Waals surface area contributed by atoms with Crippen LogP contribution in [0.4, 0.5) is 0 Å². The third-order valence-electron chi connectivity index (χ3n) is 3.80. The number of rotatable bonds is 5. The van der Waals surface area contributed by atoms with Crippen LogP contribution < -0.4 is 11.1 Å². The highest BCUT2D eigenvalue weighted by Gasteiger charge is 2.27. The van der Waals surface area contributed by atoms with Crippen molar-refractivity contribution in [2.45, 2.75) is 31.5 Å². The molecule has 3 N–H and O–H groups in total. The molecule has 4 heteroatoms. The Morgan fingerprint density at radius 3 is 2.95 bits per heavy atom. The number of aryl methyl sites for hydroxylation is 1.